The molecule has 0 radical (unpaired) electrons. The molecule has 0 unspecified atom stereocenters. The molecule has 0 atom stereocenters. The molecule has 1 aliphatic rings. The van der Waals surface area contributed by atoms with Crippen molar-refractivity contribution < 1.29 is 22.7 Å². The molecular formula is C26H31F3N4O2. The number of halogens is 3. The second kappa shape index (κ2) is 10.1. The molecule has 9 heteroatoms. The van der Waals surface area contributed by atoms with E-state index < -0.39 is 29.0 Å². The zero-order chi connectivity index (χ0) is 25.9. The fourth-order valence-corrected chi connectivity index (χ4v) is 3.53. The standard InChI is InChI=1S/C24H25F3N4O2.C2H6/c1-22(2,3)33-21(32)29-23(12-13-23)14-28-20-18-7-5-4-6-17(18)19(30-31-20)15-8-10-16(11-9-15)24(25,26)27;1-2/h4-11H,12-14H2,1-3H3,(H,28,31)(H,29,32);1-2H3. The van der Waals surface area contributed by atoms with Gasteiger partial charge in [0, 0.05) is 22.9 Å². The number of nitrogens with one attached hydrogen (secondary N) is 2. The van der Waals surface area contributed by atoms with Crippen molar-refractivity contribution >= 4 is 22.7 Å². The summed E-state index contributed by atoms with van der Waals surface area (Å²) in [7, 11) is 0. The monoisotopic (exact) mass is 488 g/mol. The lowest BCUT2D eigenvalue weighted by Crippen LogP contribution is -2.44. The average molecular weight is 489 g/mol. The first-order valence-electron chi connectivity index (χ1n) is 11.6. The van der Waals surface area contributed by atoms with E-state index in [1.165, 1.54) is 12.1 Å². The highest BCUT2D eigenvalue weighted by atomic mass is 19.4. The van der Waals surface area contributed by atoms with Gasteiger partial charge in [-0.3, -0.25) is 0 Å². The predicted octanol–water partition coefficient (Wildman–Crippen LogP) is 6.81. The van der Waals surface area contributed by atoms with Crippen molar-refractivity contribution in [1.82, 2.24) is 15.5 Å². The average Bonchev–Trinajstić information content (AvgIpc) is 3.56. The summed E-state index contributed by atoms with van der Waals surface area (Å²) in [6.07, 6.45) is -3.23. The van der Waals surface area contributed by atoms with Gasteiger partial charge in [0.2, 0.25) is 0 Å². The van der Waals surface area contributed by atoms with Crippen LogP contribution in [0.5, 0.6) is 0 Å². The Hall–Kier alpha value is -3.36. The van der Waals surface area contributed by atoms with E-state index in [0.29, 0.717) is 23.6 Å². The van der Waals surface area contributed by atoms with Gasteiger partial charge in [-0.2, -0.15) is 13.2 Å². The first-order valence-corrected chi connectivity index (χ1v) is 11.6. The lowest BCUT2D eigenvalue weighted by molar-refractivity contribution is -0.137. The molecular weight excluding hydrogens is 457 g/mol. The Bertz CT molecular complexity index is 1170. The number of rotatable bonds is 5. The molecule has 6 nitrogen and oxygen atoms in total. The minimum absolute atomic E-state index is 0.406. The topological polar surface area (TPSA) is 76.1 Å². The molecule has 0 bridgehead atoms. The zero-order valence-corrected chi connectivity index (χ0v) is 20.6. The maximum absolute atomic E-state index is 12.9. The van der Waals surface area contributed by atoms with E-state index in [4.69, 9.17) is 4.74 Å². The second-order valence-corrected chi connectivity index (χ2v) is 9.28. The lowest BCUT2D eigenvalue weighted by atomic mass is 10.0. The number of carbonyl (C=O) groups is 1. The number of hydrogen-bond acceptors (Lipinski definition) is 5. The van der Waals surface area contributed by atoms with Crippen LogP contribution in [0.15, 0.2) is 48.5 Å². The van der Waals surface area contributed by atoms with E-state index >= 15 is 0 Å². The van der Waals surface area contributed by atoms with E-state index in [1.54, 1.807) is 0 Å². The maximum atomic E-state index is 12.9. The van der Waals surface area contributed by atoms with Crippen molar-refractivity contribution in [3.05, 3.63) is 54.1 Å². The number of ether oxygens (including phenoxy) is 1. The zero-order valence-electron chi connectivity index (χ0n) is 20.6. The number of anilines is 1. The second-order valence-electron chi connectivity index (χ2n) is 9.28. The number of hydrogen-bond donors (Lipinski definition) is 2. The molecule has 1 aliphatic carbocycles. The van der Waals surface area contributed by atoms with Crippen LogP contribution >= 0.6 is 0 Å². The normalized spacial score (nSPS) is 14.5. The highest BCUT2D eigenvalue weighted by molar-refractivity contribution is 6.00. The van der Waals surface area contributed by atoms with E-state index in [9.17, 15) is 18.0 Å². The van der Waals surface area contributed by atoms with Crippen molar-refractivity contribution in [2.45, 2.75) is 64.8 Å². The quantitative estimate of drug-likeness (QED) is 0.413. The molecule has 2 aromatic carbocycles. The Morgan fingerprint density at radius 3 is 2.11 bits per heavy atom. The lowest BCUT2D eigenvalue weighted by Gasteiger charge is -2.24. The molecule has 1 fully saturated rings. The van der Waals surface area contributed by atoms with Crippen LogP contribution in [0.4, 0.5) is 23.8 Å². The Balaban J connectivity index is 0.00000167. The van der Waals surface area contributed by atoms with Crippen molar-refractivity contribution in [2.75, 3.05) is 11.9 Å². The van der Waals surface area contributed by atoms with Crippen LogP contribution in [0, 0.1) is 0 Å². The number of fused-ring (bicyclic) bond motifs is 1. The van der Waals surface area contributed by atoms with Gasteiger partial charge in [0.25, 0.3) is 0 Å². The molecule has 35 heavy (non-hydrogen) atoms. The third-order valence-corrected chi connectivity index (χ3v) is 5.39. The number of aromatic nitrogens is 2. The molecule has 1 heterocycles. The van der Waals surface area contributed by atoms with Crippen LogP contribution in [0.1, 0.15) is 53.0 Å². The van der Waals surface area contributed by atoms with E-state index in [-0.39, 0.29) is 0 Å². The number of alkyl carbamates (subject to hydrolysis) is 1. The molecule has 188 valence electrons. The molecule has 2 N–H and O–H groups in total. The van der Waals surface area contributed by atoms with Crippen molar-refractivity contribution in [3.63, 3.8) is 0 Å². The smallest absolute Gasteiger partial charge is 0.416 e. The van der Waals surface area contributed by atoms with Crippen LogP contribution in [0.2, 0.25) is 0 Å². The van der Waals surface area contributed by atoms with Gasteiger partial charge in [-0.05, 0) is 45.7 Å². The summed E-state index contributed by atoms with van der Waals surface area (Å²) in [6, 6.07) is 12.3. The Morgan fingerprint density at radius 1 is 0.971 bits per heavy atom. The van der Waals surface area contributed by atoms with E-state index in [0.717, 1.165) is 35.7 Å². The van der Waals surface area contributed by atoms with Crippen molar-refractivity contribution in [2.24, 2.45) is 0 Å². The molecule has 0 saturated heterocycles. The summed E-state index contributed by atoms with van der Waals surface area (Å²) < 4.78 is 44.1. The summed E-state index contributed by atoms with van der Waals surface area (Å²) in [5.74, 6) is 0.540. The molecule has 1 aromatic heterocycles. The Morgan fingerprint density at radius 2 is 1.57 bits per heavy atom. The largest absolute Gasteiger partial charge is 0.444 e. The van der Waals surface area contributed by atoms with E-state index in [2.05, 4.69) is 20.8 Å². The van der Waals surface area contributed by atoms with Gasteiger partial charge >= 0.3 is 12.3 Å². The summed E-state index contributed by atoms with van der Waals surface area (Å²) in [5.41, 5.74) is -0.656. The SMILES string of the molecule is CC.CC(C)(C)OC(=O)NC1(CNc2nnc(-c3ccc(C(F)(F)F)cc3)c3ccccc23)CC1. The Kier molecular flexibility index (Phi) is 7.57. The number of carbonyl (C=O) groups excluding carboxylic acids is 1. The summed E-state index contributed by atoms with van der Waals surface area (Å²) in [4.78, 5) is 12.2. The Labute approximate surface area is 203 Å². The summed E-state index contributed by atoms with van der Waals surface area (Å²) in [5, 5.41) is 16.3. The van der Waals surface area contributed by atoms with Gasteiger partial charge in [-0.15, -0.1) is 10.2 Å². The highest BCUT2D eigenvalue weighted by Crippen LogP contribution is 2.37. The first kappa shape index (κ1) is 26.2. The molecule has 0 aliphatic heterocycles. The number of benzene rings is 2. The highest BCUT2D eigenvalue weighted by Gasteiger charge is 2.45. The number of alkyl halides is 3. The van der Waals surface area contributed by atoms with Gasteiger partial charge < -0.3 is 15.4 Å². The van der Waals surface area contributed by atoms with Crippen LogP contribution in [-0.2, 0) is 10.9 Å². The molecule has 3 aromatic rings. The fraction of sp³-hybridized carbons (Fsp3) is 0.423. The van der Waals surface area contributed by atoms with Gasteiger partial charge in [0.15, 0.2) is 5.82 Å². The molecule has 0 spiro atoms. The van der Waals surface area contributed by atoms with Gasteiger partial charge in [0.1, 0.15) is 11.3 Å². The first-order chi connectivity index (χ1) is 16.5. The third-order valence-electron chi connectivity index (χ3n) is 5.39. The van der Waals surface area contributed by atoms with Crippen molar-refractivity contribution in [3.8, 4) is 11.3 Å². The fourth-order valence-electron chi connectivity index (χ4n) is 3.53. The molecule has 4 rings (SSSR count). The minimum atomic E-state index is -4.40. The van der Waals surface area contributed by atoms with Crippen LogP contribution in [0.25, 0.3) is 22.0 Å². The molecule has 1 saturated carbocycles. The van der Waals surface area contributed by atoms with E-state index in [1.807, 2.05) is 58.9 Å². The predicted molar refractivity (Wildman–Crippen MR) is 131 cm³/mol. The minimum Gasteiger partial charge on any atom is -0.444 e. The third kappa shape index (κ3) is 6.61. The maximum Gasteiger partial charge on any atom is 0.416 e. The summed E-state index contributed by atoms with van der Waals surface area (Å²) in [6.45, 7) is 9.88. The van der Waals surface area contributed by atoms with Crippen LogP contribution in [0.3, 0.4) is 0 Å². The number of amides is 1. The van der Waals surface area contributed by atoms with Gasteiger partial charge in [-0.1, -0.05) is 50.2 Å². The van der Waals surface area contributed by atoms with Gasteiger partial charge in [0.05, 0.1) is 11.1 Å². The van der Waals surface area contributed by atoms with Crippen LogP contribution in [-0.4, -0.2) is 34.0 Å². The summed E-state index contributed by atoms with van der Waals surface area (Å²) >= 11 is 0. The van der Waals surface area contributed by atoms with Crippen LogP contribution < -0.4 is 10.6 Å². The van der Waals surface area contributed by atoms with Crippen molar-refractivity contribution in [1.29, 1.82) is 0 Å². The molecule has 1 amide bonds. The number of nitrogens with zero attached hydrogens (tertiary/aromatic N) is 2. The van der Waals surface area contributed by atoms with Gasteiger partial charge in [-0.25, -0.2) is 4.79 Å².